The summed E-state index contributed by atoms with van der Waals surface area (Å²) in [7, 11) is 1.61. The number of benzene rings is 2. The summed E-state index contributed by atoms with van der Waals surface area (Å²) in [6.45, 7) is 8.78. The molecule has 5 heteroatoms. The lowest BCUT2D eigenvalue weighted by molar-refractivity contribution is -0.120. The second-order valence-electron chi connectivity index (χ2n) is 11.8. The number of Topliss-reactive ketones (excluding diaryl/α,β-unsaturated/α-hetero) is 2. The van der Waals surface area contributed by atoms with Crippen LogP contribution in [0.1, 0.15) is 70.4 Å². The van der Waals surface area contributed by atoms with E-state index in [0.29, 0.717) is 66.5 Å². The van der Waals surface area contributed by atoms with Crippen LogP contribution in [-0.2, 0) is 20.9 Å². The van der Waals surface area contributed by atoms with E-state index >= 15 is 0 Å². The van der Waals surface area contributed by atoms with Gasteiger partial charge in [0.15, 0.2) is 23.1 Å². The van der Waals surface area contributed by atoms with E-state index in [1.807, 2.05) is 48.5 Å². The van der Waals surface area contributed by atoms with E-state index in [1.165, 1.54) is 0 Å². The van der Waals surface area contributed by atoms with E-state index in [4.69, 9.17) is 14.2 Å². The van der Waals surface area contributed by atoms with Crippen LogP contribution in [0.15, 0.2) is 71.2 Å². The van der Waals surface area contributed by atoms with Crippen LogP contribution in [0.5, 0.6) is 11.5 Å². The van der Waals surface area contributed by atoms with Gasteiger partial charge in [0, 0.05) is 42.7 Å². The Morgan fingerprint density at radius 1 is 0.806 bits per heavy atom. The van der Waals surface area contributed by atoms with Crippen LogP contribution in [0.3, 0.4) is 0 Å². The van der Waals surface area contributed by atoms with Gasteiger partial charge in [-0.25, -0.2) is 0 Å². The highest BCUT2D eigenvalue weighted by Gasteiger charge is 2.47. The molecule has 5 nitrogen and oxygen atoms in total. The van der Waals surface area contributed by atoms with E-state index in [0.717, 1.165) is 11.1 Å². The molecule has 0 radical (unpaired) electrons. The second kappa shape index (κ2) is 8.95. The summed E-state index contributed by atoms with van der Waals surface area (Å²) >= 11 is 0. The molecule has 188 valence electrons. The van der Waals surface area contributed by atoms with Gasteiger partial charge >= 0.3 is 0 Å². The van der Waals surface area contributed by atoms with E-state index in [9.17, 15) is 9.59 Å². The van der Waals surface area contributed by atoms with Gasteiger partial charge in [-0.1, -0.05) is 64.1 Å². The van der Waals surface area contributed by atoms with Crippen LogP contribution in [-0.4, -0.2) is 18.7 Å². The van der Waals surface area contributed by atoms with E-state index in [1.54, 1.807) is 7.11 Å². The topological polar surface area (TPSA) is 61.8 Å². The Morgan fingerprint density at radius 2 is 1.39 bits per heavy atom. The smallest absolute Gasteiger partial charge is 0.163 e. The monoisotopic (exact) mass is 486 g/mol. The van der Waals surface area contributed by atoms with Crippen molar-refractivity contribution in [3.63, 3.8) is 0 Å². The van der Waals surface area contributed by atoms with Crippen LogP contribution < -0.4 is 9.47 Å². The summed E-state index contributed by atoms with van der Waals surface area (Å²) < 4.78 is 18.1. The van der Waals surface area contributed by atoms with Crippen LogP contribution >= 0.6 is 0 Å². The van der Waals surface area contributed by atoms with Gasteiger partial charge in [-0.2, -0.15) is 0 Å². The molecule has 2 aromatic carbocycles. The minimum absolute atomic E-state index is 0.0544. The molecule has 2 aromatic rings. The summed E-state index contributed by atoms with van der Waals surface area (Å²) in [4.78, 5) is 27.0. The molecule has 2 aliphatic carbocycles. The number of rotatable bonds is 5. The number of allylic oxidation sites excluding steroid dienone is 4. The van der Waals surface area contributed by atoms with Gasteiger partial charge in [-0.05, 0) is 34.1 Å². The molecule has 0 saturated heterocycles. The molecule has 0 N–H and O–H groups in total. The van der Waals surface area contributed by atoms with Gasteiger partial charge in [-0.3, -0.25) is 9.59 Å². The third kappa shape index (κ3) is 4.59. The Bertz CT molecular complexity index is 1230. The van der Waals surface area contributed by atoms with E-state index < -0.39 is 5.92 Å². The average molecular weight is 487 g/mol. The van der Waals surface area contributed by atoms with Crippen molar-refractivity contribution in [2.75, 3.05) is 7.11 Å². The maximum atomic E-state index is 13.5. The van der Waals surface area contributed by atoms with Crippen LogP contribution in [0, 0.1) is 10.8 Å². The van der Waals surface area contributed by atoms with Gasteiger partial charge in [-0.15, -0.1) is 0 Å². The van der Waals surface area contributed by atoms with Crippen molar-refractivity contribution in [2.45, 2.75) is 65.9 Å². The van der Waals surface area contributed by atoms with Crippen molar-refractivity contribution < 1.29 is 23.8 Å². The van der Waals surface area contributed by atoms with Crippen molar-refractivity contribution in [3.8, 4) is 11.5 Å². The number of carbonyl (C=O) groups is 2. The predicted octanol–water partition coefficient (Wildman–Crippen LogP) is 6.67. The number of ether oxygens (including phenoxy) is 3. The Hall–Kier alpha value is -3.34. The van der Waals surface area contributed by atoms with E-state index in [2.05, 4.69) is 27.7 Å². The molecule has 0 fully saturated rings. The van der Waals surface area contributed by atoms with Crippen LogP contribution in [0.4, 0.5) is 0 Å². The molecule has 1 aliphatic heterocycles. The fourth-order valence-electron chi connectivity index (χ4n) is 5.73. The maximum Gasteiger partial charge on any atom is 0.163 e. The highest BCUT2D eigenvalue weighted by molar-refractivity contribution is 6.06. The summed E-state index contributed by atoms with van der Waals surface area (Å²) in [5.74, 6) is 2.28. The minimum Gasteiger partial charge on any atom is -0.493 e. The Kier molecular flexibility index (Phi) is 6.06. The largest absolute Gasteiger partial charge is 0.493 e. The SMILES string of the molecule is COc1cc(C2C3=C(CC(C)(C)CC3=O)OC3=C2C(=O)CC(C)(C)C3)ccc1OCc1ccccc1. The lowest BCUT2D eigenvalue weighted by atomic mass is 9.65. The molecular weight excluding hydrogens is 452 g/mol. The molecule has 5 rings (SSSR count). The van der Waals surface area contributed by atoms with Crippen LogP contribution in [0.25, 0.3) is 0 Å². The van der Waals surface area contributed by atoms with Crippen molar-refractivity contribution in [1.82, 2.24) is 0 Å². The average Bonchev–Trinajstić information content (AvgIpc) is 2.80. The third-order valence-corrected chi connectivity index (χ3v) is 7.34. The first-order chi connectivity index (χ1) is 17.1. The lowest BCUT2D eigenvalue weighted by Gasteiger charge is -2.42. The maximum absolute atomic E-state index is 13.5. The van der Waals surface area contributed by atoms with Gasteiger partial charge in [0.25, 0.3) is 0 Å². The quantitative estimate of drug-likeness (QED) is 0.472. The van der Waals surface area contributed by atoms with Gasteiger partial charge < -0.3 is 14.2 Å². The van der Waals surface area contributed by atoms with Crippen molar-refractivity contribution in [3.05, 3.63) is 82.3 Å². The number of hydrogen-bond donors (Lipinski definition) is 0. The van der Waals surface area contributed by atoms with Crippen molar-refractivity contribution >= 4 is 11.6 Å². The molecule has 0 saturated carbocycles. The minimum atomic E-state index is -0.451. The van der Waals surface area contributed by atoms with Gasteiger partial charge in [0.05, 0.1) is 7.11 Å². The number of ketones is 2. The molecular formula is C31H34O5. The fraction of sp³-hybridized carbons (Fsp3) is 0.419. The van der Waals surface area contributed by atoms with E-state index in [-0.39, 0.29) is 22.4 Å². The standard InChI is InChI=1S/C31H34O5/c1-30(2)14-21(32)28-25(16-30)36-26-17-31(3,4)15-22(33)29(26)27(28)20-11-12-23(24(13-20)34-5)35-18-19-9-7-6-8-10-19/h6-13,27H,14-18H2,1-5H3. The fourth-order valence-corrected chi connectivity index (χ4v) is 5.73. The molecule has 3 aliphatic rings. The molecule has 0 amide bonds. The Labute approximate surface area is 213 Å². The molecule has 1 heterocycles. The van der Waals surface area contributed by atoms with Gasteiger partial charge in [0.1, 0.15) is 18.1 Å². The number of hydrogen-bond acceptors (Lipinski definition) is 5. The molecule has 0 bridgehead atoms. The Morgan fingerprint density at radius 3 is 1.94 bits per heavy atom. The predicted molar refractivity (Wildman–Crippen MR) is 138 cm³/mol. The third-order valence-electron chi connectivity index (χ3n) is 7.34. The first-order valence-corrected chi connectivity index (χ1v) is 12.6. The molecule has 0 aromatic heterocycles. The molecule has 0 unspecified atom stereocenters. The van der Waals surface area contributed by atoms with Crippen LogP contribution in [0.2, 0.25) is 0 Å². The van der Waals surface area contributed by atoms with Crippen molar-refractivity contribution in [2.24, 2.45) is 10.8 Å². The first kappa shape index (κ1) is 24.4. The molecule has 0 atom stereocenters. The second-order valence-corrected chi connectivity index (χ2v) is 11.8. The molecule has 36 heavy (non-hydrogen) atoms. The summed E-state index contributed by atoms with van der Waals surface area (Å²) in [5.41, 5.74) is 2.80. The highest BCUT2D eigenvalue weighted by Crippen LogP contribution is 2.53. The zero-order chi connectivity index (χ0) is 25.7. The summed E-state index contributed by atoms with van der Waals surface area (Å²) in [6.07, 6.45) is 2.21. The zero-order valence-corrected chi connectivity index (χ0v) is 21.8. The number of carbonyl (C=O) groups excluding carboxylic acids is 2. The van der Waals surface area contributed by atoms with Gasteiger partial charge in [0.2, 0.25) is 0 Å². The Balaban J connectivity index is 1.57. The summed E-state index contributed by atoms with van der Waals surface area (Å²) in [5, 5.41) is 0. The normalized spacial score (nSPS) is 21.0. The lowest BCUT2D eigenvalue weighted by Crippen LogP contribution is -2.37. The van der Waals surface area contributed by atoms with Crippen molar-refractivity contribution in [1.29, 1.82) is 0 Å². The number of methoxy groups -OCH3 is 1. The first-order valence-electron chi connectivity index (χ1n) is 12.6. The molecule has 0 spiro atoms. The zero-order valence-electron chi connectivity index (χ0n) is 21.8. The summed E-state index contributed by atoms with van der Waals surface area (Å²) in [6, 6.07) is 15.7. The highest BCUT2D eigenvalue weighted by atomic mass is 16.5.